The van der Waals surface area contributed by atoms with Crippen LogP contribution in [0.25, 0.3) is 0 Å². The molecule has 0 aliphatic carbocycles. The average Bonchev–Trinajstić information content (AvgIpc) is 3.34. The van der Waals surface area contributed by atoms with Gasteiger partial charge in [0.2, 0.25) is 0 Å². The summed E-state index contributed by atoms with van der Waals surface area (Å²) in [6, 6.07) is 0. The topological polar surface area (TPSA) is 231 Å². The third kappa shape index (κ3) is 28.3. The molecule has 69 heavy (non-hydrogen) atoms. The summed E-state index contributed by atoms with van der Waals surface area (Å²) in [5.74, 6) is -1.09. The standard InChI is InChI=1S/C54H88O15/c1-3-5-7-9-11-13-15-17-19-20-21-23-24-26-28-30-32-34-36-45(56)64-39-42(67-46(57)37-35-33-31-29-27-25-22-18-16-14-12-10-8-6-4-2)40-65-53-52(63)50(61)48(59)44(69-53)41-66-54-51(62)49(60)47(58)43(38-55)68-54/h6,8,12-15,18-20,22,27,29,33,35,42-44,47-55,58-63H,3-5,7,9-11,16-17,21,23-26,28,30-32,34,36-41H2,1-2H3/b8-6-,14-12-,15-13-,20-19-,22-18-,29-27-,35-33-. The molecule has 15 heteroatoms. The molecule has 2 saturated heterocycles. The van der Waals surface area contributed by atoms with Gasteiger partial charge in [-0.3, -0.25) is 9.59 Å². The Morgan fingerprint density at radius 2 is 0.957 bits per heavy atom. The number of hydrogen-bond donors (Lipinski definition) is 7. The van der Waals surface area contributed by atoms with Crippen molar-refractivity contribution in [2.45, 2.75) is 216 Å². The molecule has 15 nitrogen and oxygen atoms in total. The zero-order valence-corrected chi connectivity index (χ0v) is 41.5. The summed E-state index contributed by atoms with van der Waals surface area (Å²) in [5.41, 5.74) is 0. The smallest absolute Gasteiger partial charge is 0.310 e. The number of ether oxygens (including phenoxy) is 6. The van der Waals surface area contributed by atoms with E-state index in [1.807, 2.05) is 18.2 Å². The summed E-state index contributed by atoms with van der Waals surface area (Å²) in [7, 11) is 0. The maximum atomic E-state index is 12.9. The second-order valence-corrected chi connectivity index (χ2v) is 17.6. The first-order valence-electron chi connectivity index (χ1n) is 25.7. The number of aliphatic hydroxyl groups is 7. The van der Waals surface area contributed by atoms with Crippen molar-refractivity contribution in [2.75, 3.05) is 26.4 Å². The van der Waals surface area contributed by atoms with E-state index in [9.17, 15) is 45.3 Å². The predicted molar refractivity (Wildman–Crippen MR) is 265 cm³/mol. The second kappa shape index (κ2) is 40.3. The monoisotopic (exact) mass is 977 g/mol. The first kappa shape index (κ1) is 61.8. The van der Waals surface area contributed by atoms with Crippen molar-refractivity contribution < 1.29 is 73.8 Å². The minimum absolute atomic E-state index is 0.0730. The SMILES string of the molecule is CC/C=C\C/C=C\C/C=C\C/C=C\C/C=C\CC(=O)OC(COC(=O)CCCCCCCCC/C=C\C/C=C\CCCCCC)COC1OC(COC2OC(CO)C(O)C(O)C2O)C(O)C(O)C1O. The van der Waals surface area contributed by atoms with Crippen LogP contribution in [0.15, 0.2) is 85.1 Å². The molecule has 0 bridgehead atoms. The maximum absolute atomic E-state index is 12.9. The molecule has 0 aromatic carbocycles. The molecular weight excluding hydrogens is 889 g/mol. The van der Waals surface area contributed by atoms with Crippen LogP contribution >= 0.6 is 0 Å². The molecule has 11 unspecified atom stereocenters. The number of unbranched alkanes of at least 4 members (excludes halogenated alkanes) is 11. The molecule has 7 N–H and O–H groups in total. The van der Waals surface area contributed by atoms with Crippen molar-refractivity contribution in [3.05, 3.63) is 85.1 Å². The summed E-state index contributed by atoms with van der Waals surface area (Å²) in [5, 5.41) is 72.1. The van der Waals surface area contributed by atoms with E-state index < -0.39 is 99.3 Å². The average molecular weight is 977 g/mol. The quantitative estimate of drug-likeness (QED) is 0.0184. The lowest BCUT2D eigenvalue weighted by Gasteiger charge is -2.42. The highest BCUT2D eigenvalue weighted by atomic mass is 16.7. The van der Waals surface area contributed by atoms with Crippen molar-refractivity contribution in [1.29, 1.82) is 0 Å². The molecule has 0 aromatic heterocycles. The molecule has 0 radical (unpaired) electrons. The third-order valence-corrected chi connectivity index (χ3v) is 11.6. The van der Waals surface area contributed by atoms with Gasteiger partial charge in [0.05, 0.1) is 26.2 Å². The number of esters is 2. The van der Waals surface area contributed by atoms with E-state index in [0.29, 0.717) is 12.8 Å². The summed E-state index contributed by atoms with van der Waals surface area (Å²) in [6.07, 6.45) is 32.1. The third-order valence-electron chi connectivity index (χ3n) is 11.6. The Labute approximate surface area is 412 Å². The summed E-state index contributed by atoms with van der Waals surface area (Å²) in [6.45, 7) is 2.33. The lowest BCUT2D eigenvalue weighted by atomic mass is 9.98. The van der Waals surface area contributed by atoms with Crippen molar-refractivity contribution in [3.8, 4) is 0 Å². The van der Waals surface area contributed by atoms with Crippen LogP contribution in [0.3, 0.4) is 0 Å². The van der Waals surface area contributed by atoms with Crippen LogP contribution in [0.5, 0.6) is 0 Å². The van der Waals surface area contributed by atoms with E-state index in [1.54, 1.807) is 6.08 Å². The fraction of sp³-hybridized carbons (Fsp3) is 0.704. The lowest BCUT2D eigenvalue weighted by Crippen LogP contribution is -2.61. The Morgan fingerprint density at radius 1 is 0.493 bits per heavy atom. The molecule has 0 spiro atoms. The summed E-state index contributed by atoms with van der Waals surface area (Å²) < 4.78 is 33.4. The van der Waals surface area contributed by atoms with Gasteiger partial charge in [0, 0.05) is 6.42 Å². The molecule has 2 aliphatic heterocycles. The molecular formula is C54H88O15. The van der Waals surface area contributed by atoms with E-state index in [0.717, 1.165) is 70.6 Å². The fourth-order valence-corrected chi connectivity index (χ4v) is 7.44. The molecule has 2 rings (SSSR count). The zero-order chi connectivity index (χ0) is 50.3. The Balaban J connectivity index is 1.85. The Bertz CT molecular complexity index is 1520. The van der Waals surface area contributed by atoms with Gasteiger partial charge in [-0.2, -0.15) is 0 Å². The van der Waals surface area contributed by atoms with Crippen molar-refractivity contribution in [1.82, 2.24) is 0 Å². The van der Waals surface area contributed by atoms with Crippen LogP contribution in [0, 0.1) is 0 Å². The number of allylic oxidation sites excluding steroid dienone is 13. The predicted octanol–water partition coefficient (Wildman–Crippen LogP) is 7.21. The molecule has 0 amide bonds. The van der Waals surface area contributed by atoms with Crippen molar-refractivity contribution in [3.63, 3.8) is 0 Å². The Hall–Kier alpha value is -3.32. The highest BCUT2D eigenvalue weighted by molar-refractivity contribution is 5.71. The normalized spacial score (nSPS) is 26.3. The number of hydrogen-bond acceptors (Lipinski definition) is 15. The van der Waals surface area contributed by atoms with Gasteiger partial charge in [-0.1, -0.05) is 150 Å². The maximum Gasteiger partial charge on any atom is 0.310 e. The van der Waals surface area contributed by atoms with Crippen molar-refractivity contribution >= 4 is 11.9 Å². The highest BCUT2D eigenvalue weighted by Gasteiger charge is 2.47. The van der Waals surface area contributed by atoms with E-state index in [2.05, 4.69) is 74.6 Å². The van der Waals surface area contributed by atoms with Gasteiger partial charge in [0.25, 0.3) is 0 Å². The van der Waals surface area contributed by atoms with Gasteiger partial charge < -0.3 is 64.2 Å². The number of aliphatic hydroxyl groups excluding tert-OH is 7. The van der Waals surface area contributed by atoms with Crippen LogP contribution in [-0.2, 0) is 38.0 Å². The number of carbonyl (C=O) groups excluding carboxylic acids is 2. The van der Waals surface area contributed by atoms with Crippen molar-refractivity contribution in [2.24, 2.45) is 0 Å². The molecule has 0 aromatic rings. The largest absolute Gasteiger partial charge is 0.462 e. The molecule has 2 fully saturated rings. The minimum atomic E-state index is -1.79. The van der Waals surface area contributed by atoms with Gasteiger partial charge in [-0.05, 0) is 70.6 Å². The lowest BCUT2D eigenvalue weighted by molar-refractivity contribution is -0.332. The molecule has 2 aliphatic rings. The van der Waals surface area contributed by atoms with E-state index in [4.69, 9.17) is 28.4 Å². The van der Waals surface area contributed by atoms with Gasteiger partial charge in [-0.15, -0.1) is 0 Å². The van der Waals surface area contributed by atoms with Crippen LogP contribution in [0.4, 0.5) is 0 Å². The van der Waals surface area contributed by atoms with Gasteiger partial charge in [0.1, 0.15) is 55.4 Å². The van der Waals surface area contributed by atoms with Crippen LogP contribution < -0.4 is 0 Å². The summed E-state index contributed by atoms with van der Waals surface area (Å²) in [4.78, 5) is 25.7. The van der Waals surface area contributed by atoms with Gasteiger partial charge in [-0.25, -0.2) is 0 Å². The number of carbonyl (C=O) groups is 2. The fourth-order valence-electron chi connectivity index (χ4n) is 7.44. The minimum Gasteiger partial charge on any atom is -0.462 e. The molecule has 394 valence electrons. The Kier molecular flexibility index (Phi) is 36.1. The molecule has 0 saturated carbocycles. The Morgan fingerprint density at radius 3 is 1.51 bits per heavy atom. The van der Waals surface area contributed by atoms with Crippen LogP contribution in [0.1, 0.15) is 149 Å². The van der Waals surface area contributed by atoms with Crippen LogP contribution in [-0.4, -0.2) is 142 Å². The number of rotatable bonds is 38. The first-order valence-corrected chi connectivity index (χ1v) is 25.7. The molecule has 2 heterocycles. The van der Waals surface area contributed by atoms with E-state index in [1.165, 1.54) is 38.5 Å². The van der Waals surface area contributed by atoms with E-state index in [-0.39, 0.29) is 19.4 Å². The first-order chi connectivity index (χ1) is 33.5. The van der Waals surface area contributed by atoms with Gasteiger partial charge >= 0.3 is 11.9 Å². The zero-order valence-electron chi connectivity index (χ0n) is 41.5. The van der Waals surface area contributed by atoms with Crippen LogP contribution in [0.2, 0.25) is 0 Å². The highest BCUT2D eigenvalue weighted by Crippen LogP contribution is 2.26. The molecule has 11 atom stereocenters. The van der Waals surface area contributed by atoms with E-state index >= 15 is 0 Å². The summed E-state index contributed by atoms with van der Waals surface area (Å²) >= 11 is 0. The van der Waals surface area contributed by atoms with Gasteiger partial charge in [0.15, 0.2) is 18.7 Å². The second-order valence-electron chi connectivity index (χ2n) is 17.6.